The summed E-state index contributed by atoms with van der Waals surface area (Å²) < 4.78 is 11.5. The lowest BCUT2D eigenvalue weighted by atomic mass is 10.1. The van der Waals surface area contributed by atoms with Crippen molar-refractivity contribution in [2.75, 3.05) is 13.2 Å². The fourth-order valence-electron chi connectivity index (χ4n) is 2.38. The second-order valence-electron chi connectivity index (χ2n) is 4.85. The van der Waals surface area contributed by atoms with E-state index in [1.165, 1.54) is 10.5 Å². The number of fused-ring (bicyclic) bond motifs is 1. The fraction of sp³-hybridized carbons (Fsp3) is 0.222. The lowest BCUT2D eigenvalue weighted by Gasteiger charge is -2.17. The smallest absolute Gasteiger partial charge is 0.180 e. The number of allylic oxidation sites excluding steroid dienone is 10. The molecule has 1 aromatic heterocycles. The Morgan fingerprint density at radius 3 is 2.62 bits per heavy atom. The van der Waals surface area contributed by atoms with Gasteiger partial charge in [0.25, 0.3) is 0 Å². The van der Waals surface area contributed by atoms with Crippen LogP contribution in [0.1, 0.15) is 16.7 Å². The zero-order valence-electron chi connectivity index (χ0n) is 12.3. The van der Waals surface area contributed by atoms with Gasteiger partial charge in [-0.05, 0) is 25.0 Å². The second kappa shape index (κ2) is 6.19. The molecular weight excluding hydrogens is 280 g/mol. The van der Waals surface area contributed by atoms with Gasteiger partial charge in [-0.25, -0.2) is 0 Å². The Hall–Kier alpha value is -2.00. The topological polar surface area (TPSA) is 18.5 Å². The molecule has 0 radical (unpaired) electrons. The molecule has 0 saturated carbocycles. The molecule has 0 fully saturated rings. The number of hydrogen-bond donors (Lipinski definition) is 0. The van der Waals surface area contributed by atoms with Gasteiger partial charge < -0.3 is 9.47 Å². The van der Waals surface area contributed by atoms with Gasteiger partial charge in [-0.3, -0.25) is 0 Å². The van der Waals surface area contributed by atoms with Gasteiger partial charge in [0.05, 0.1) is 4.88 Å². The first-order chi connectivity index (χ1) is 10.3. The minimum absolute atomic E-state index is 0.619. The maximum absolute atomic E-state index is 5.82. The van der Waals surface area contributed by atoms with Crippen molar-refractivity contribution in [3.05, 3.63) is 63.9 Å². The molecule has 2 heterocycles. The molecule has 3 rings (SSSR count). The van der Waals surface area contributed by atoms with Gasteiger partial charge in [-0.15, -0.1) is 11.3 Å². The summed E-state index contributed by atoms with van der Waals surface area (Å²) in [5, 5.41) is 0. The molecule has 108 valence electrons. The summed E-state index contributed by atoms with van der Waals surface area (Å²) in [6.45, 7) is 5.36. The van der Waals surface area contributed by atoms with E-state index in [1.807, 2.05) is 13.0 Å². The highest BCUT2D eigenvalue weighted by Gasteiger charge is 2.23. The third kappa shape index (κ3) is 2.88. The van der Waals surface area contributed by atoms with Gasteiger partial charge in [-0.2, -0.15) is 0 Å². The monoisotopic (exact) mass is 298 g/mol. The molecule has 0 saturated heterocycles. The van der Waals surface area contributed by atoms with E-state index in [1.54, 1.807) is 11.3 Å². The van der Waals surface area contributed by atoms with Crippen molar-refractivity contribution < 1.29 is 9.47 Å². The molecule has 2 nitrogen and oxygen atoms in total. The van der Waals surface area contributed by atoms with Gasteiger partial charge in [0.1, 0.15) is 13.2 Å². The van der Waals surface area contributed by atoms with Crippen molar-refractivity contribution in [2.24, 2.45) is 0 Å². The Kier molecular flexibility index (Phi) is 4.11. The molecule has 0 unspecified atom stereocenters. The normalized spacial score (nSPS) is 25.4. The Morgan fingerprint density at radius 2 is 1.81 bits per heavy atom. The summed E-state index contributed by atoms with van der Waals surface area (Å²) in [5.74, 6) is 1.80. The van der Waals surface area contributed by atoms with E-state index in [0.29, 0.717) is 13.2 Å². The quantitative estimate of drug-likeness (QED) is 0.778. The Morgan fingerprint density at radius 1 is 1.05 bits per heavy atom. The number of ether oxygens (including phenoxy) is 2. The van der Waals surface area contributed by atoms with Crippen molar-refractivity contribution >= 4 is 16.9 Å². The van der Waals surface area contributed by atoms with Crippen LogP contribution < -0.4 is 9.47 Å². The van der Waals surface area contributed by atoms with Crippen molar-refractivity contribution in [2.45, 2.75) is 13.8 Å². The highest BCUT2D eigenvalue weighted by molar-refractivity contribution is 7.13. The van der Waals surface area contributed by atoms with Gasteiger partial charge >= 0.3 is 0 Å². The van der Waals surface area contributed by atoms with E-state index in [2.05, 4.69) is 49.5 Å². The zero-order valence-corrected chi connectivity index (χ0v) is 13.1. The predicted molar refractivity (Wildman–Crippen MR) is 89.2 cm³/mol. The lowest BCUT2D eigenvalue weighted by Crippen LogP contribution is -2.15. The van der Waals surface area contributed by atoms with Crippen molar-refractivity contribution in [1.29, 1.82) is 0 Å². The first kappa shape index (κ1) is 14.0. The summed E-state index contributed by atoms with van der Waals surface area (Å²) in [7, 11) is 0. The highest BCUT2D eigenvalue weighted by atomic mass is 32.1. The Bertz CT molecular complexity index is 684. The van der Waals surface area contributed by atoms with E-state index in [9.17, 15) is 0 Å². The zero-order chi connectivity index (χ0) is 14.7. The summed E-state index contributed by atoms with van der Waals surface area (Å²) >= 11 is 1.73. The summed E-state index contributed by atoms with van der Waals surface area (Å²) in [5.41, 5.74) is 2.34. The Balaban J connectivity index is 1.96. The minimum atomic E-state index is 0.619. The standard InChI is InChI=1S/C18H18O2S/c1-3-6-14-7-4-9-15(10-5-8-14)18-17-16(13(2)21-18)19-11-12-20-17/h3-10H,11-12H2,1-2H3/b6-3+,7-4+,8-5?,9-4?,10-5-,14-7?,14-8-,15-9-,15-10?. The van der Waals surface area contributed by atoms with Crippen LogP contribution in [0.15, 0.2) is 54.2 Å². The number of thiophene rings is 1. The lowest BCUT2D eigenvalue weighted by molar-refractivity contribution is 0.172. The number of aryl methyl sites for hydroxylation is 1. The van der Waals surface area contributed by atoms with Gasteiger partial charge in [0.15, 0.2) is 11.5 Å². The summed E-state index contributed by atoms with van der Waals surface area (Å²) in [6.07, 6.45) is 16.7. The second-order valence-corrected chi connectivity index (χ2v) is 6.07. The van der Waals surface area contributed by atoms with Crippen molar-refractivity contribution in [3.63, 3.8) is 0 Å². The third-order valence-corrected chi connectivity index (χ3v) is 4.43. The molecule has 0 N–H and O–H groups in total. The van der Waals surface area contributed by atoms with Gasteiger partial charge in [-0.1, -0.05) is 48.6 Å². The van der Waals surface area contributed by atoms with E-state index in [0.717, 1.165) is 21.9 Å². The third-order valence-electron chi connectivity index (χ3n) is 3.31. The first-order valence-electron chi connectivity index (χ1n) is 7.08. The first-order valence-corrected chi connectivity index (χ1v) is 7.90. The molecule has 0 spiro atoms. The van der Waals surface area contributed by atoms with Crippen LogP contribution >= 0.6 is 11.3 Å². The molecule has 0 bridgehead atoms. The molecule has 1 aliphatic heterocycles. The van der Waals surface area contributed by atoms with Crippen LogP contribution in [-0.2, 0) is 0 Å². The molecule has 2 aliphatic rings. The fourth-order valence-corrected chi connectivity index (χ4v) is 3.43. The SMILES string of the molecule is C/C=C/C1=C/C=C\C(c2sc(C)c3c2OCCO3)=C\C=C\1. The van der Waals surface area contributed by atoms with Crippen LogP contribution in [0.3, 0.4) is 0 Å². The van der Waals surface area contributed by atoms with Crippen molar-refractivity contribution in [3.8, 4) is 11.5 Å². The highest BCUT2D eigenvalue weighted by Crippen LogP contribution is 2.47. The average Bonchev–Trinajstić information content (AvgIpc) is 2.80. The average molecular weight is 298 g/mol. The van der Waals surface area contributed by atoms with Crippen molar-refractivity contribution in [1.82, 2.24) is 0 Å². The largest absolute Gasteiger partial charge is 0.485 e. The summed E-state index contributed by atoms with van der Waals surface area (Å²) in [6, 6.07) is 0. The number of rotatable bonds is 2. The summed E-state index contributed by atoms with van der Waals surface area (Å²) in [4.78, 5) is 2.32. The van der Waals surface area contributed by atoms with E-state index in [-0.39, 0.29) is 0 Å². The predicted octanol–water partition coefficient (Wildman–Crippen LogP) is 4.84. The van der Waals surface area contributed by atoms with Crippen LogP contribution in [-0.4, -0.2) is 13.2 Å². The maximum Gasteiger partial charge on any atom is 0.180 e. The molecule has 0 amide bonds. The van der Waals surface area contributed by atoms with E-state index in [4.69, 9.17) is 9.47 Å². The van der Waals surface area contributed by atoms with Crippen LogP contribution in [0.5, 0.6) is 11.5 Å². The van der Waals surface area contributed by atoms with E-state index >= 15 is 0 Å². The molecule has 0 aromatic carbocycles. The molecule has 1 aliphatic carbocycles. The molecule has 3 heteroatoms. The van der Waals surface area contributed by atoms with Crippen LogP contribution in [0.4, 0.5) is 0 Å². The van der Waals surface area contributed by atoms with Crippen LogP contribution in [0, 0.1) is 6.92 Å². The van der Waals surface area contributed by atoms with Crippen LogP contribution in [0.2, 0.25) is 0 Å². The molecule has 21 heavy (non-hydrogen) atoms. The maximum atomic E-state index is 5.82. The van der Waals surface area contributed by atoms with Crippen LogP contribution in [0.25, 0.3) is 5.57 Å². The molecule has 0 atom stereocenters. The minimum Gasteiger partial charge on any atom is -0.485 e. The molecular formula is C18H18O2S. The van der Waals surface area contributed by atoms with Gasteiger partial charge in [0.2, 0.25) is 0 Å². The van der Waals surface area contributed by atoms with Gasteiger partial charge in [0, 0.05) is 4.88 Å². The molecule has 1 aromatic rings. The number of hydrogen-bond acceptors (Lipinski definition) is 3. The van der Waals surface area contributed by atoms with E-state index < -0.39 is 0 Å². The Labute approximate surface area is 129 Å².